The summed E-state index contributed by atoms with van der Waals surface area (Å²) >= 11 is 12.9. The minimum atomic E-state index is -3.61. The normalized spacial score (nSPS) is 14.6. The topological polar surface area (TPSA) is 96.0 Å². The number of nitrogens with one attached hydrogen (secondary N) is 1. The van der Waals surface area contributed by atoms with Gasteiger partial charge in [-0.25, -0.2) is 8.42 Å². The summed E-state index contributed by atoms with van der Waals surface area (Å²) in [6, 6.07) is 11.3. The van der Waals surface area contributed by atoms with Gasteiger partial charge in [0, 0.05) is 47.2 Å². The molecule has 2 aromatic carbocycles. The highest BCUT2D eigenvalue weighted by atomic mass is 35.5. The second-order valence-corrected chi connectivity index (χ2v) is 12.5. The van der Waals surface area contributed by atoms with Crippen molar-refractivity contribution in [3.63, 3.8) is 0 Å². The van der Waals surface area contributed by atoms with Gasteiger partial charge in [0.2, 0.25) is 21.8 Å². The van der Waals surface area contributed by atoms with Gasteiger partial charge in [0.25, 0.3) is 0 Å². The Hall–Kier alpha value is -2.49. The van der Waals surface area contributed by atoms with Gasteiger partial charge in [-0.1, -0.05) is 55.1 Å². The third kappa shape index (κ3) is 8.50. The van der Waals surface area contributed by atoms with Crippen LogP contribution >= 0.6 is 23.2 Å². The molecule has 0 aliphatic heterocycles. The number of rotatable bonds is 13. The summed E-state index contributed by atoms with van der Waals surface area (Å²) in [6.07, 6.45) is 5.82. The summed E-state index contributed by atoms with van der Waals surface area (Å²) in [4.78, 5) is 28.5. The number of carbonyl (C=O) groups is 2. The highest BCUT2D eigenvalue weighted by molar-refractivity contribution is 7.92. The number of amides is 2. The fourth-order valence-electron chi connectivity index (χ4n) is 4.91. The van der Waals surface area contributed by atoms with Crippen molar-refractivity contribution >= 4 is 50.7 Å². The molecule has 1 atom stereocenters. The zero-order valence-electron chi connectivity index (χ0n) is 22.7. The molecule has 0 bridgehead atoms. The summed E-state index contributed by atoms with van der Waals surface area (Å²) in [5, 5.41) is 3.93. The van der Waals surface area contributed by atoms with Crippen LogP contribution in [0.3, 0.4) is 0 Å². The van der Waals surface area contributed by atoms with E-state index in [1.54, 1.807) is 42.5 Å². The number of sulfonamides is 1. The minimum absolute atomic E-state index is 0.0330. The molecule has 1 N–H and O–H groups in total. The van der Waals surface area contributed by atoms with Crippen LogP contribution in [0.15, 0.2) is 42.5 Å². The number of hydrogen-bond acceptors (Lipinski definition) is 5. The number of carbonyl (C=O) groups excluding carboxylic acids is 2. The van der Waals surface area contributed by atoms with Gasteiger partial charge in [0.05, 0.1) is 19.1 Å². The molecule has 2 aromatic rings. The zero-order valence-corrected chi connectivity index (χ0v) is 25.0. The molecule has 39 heavy (non-hydrogen) atoms. The summed E-state index contributed by atoms with van der Waals surface area (Å²) in [7, 11) is -2.11. The van der Waals surface area contributed by atoms with Crippen molar-refractivity contribution in [1.82, 2.24) is 10.2 Å². The minimum Gasteiger partial charge on any atom is -0.497 e. The van der Waals surface area contributed by atoms with Gasteiger partial charge in [0.1, 0.15) is 11.8 Å². The Morgan fingerprint density at radius 2 is 1.74 bits per heavy atom. The molecule has 8 nitrogen and oxygen atoms in total. The van der Waals surface area contributed by atoms with Crippen molar-refractivity contribution in [3.05, 3.63) is 58.1 Å². The van der Waals surface area contributed by atoms with Crippen LogP contribution in [0, 0.1) is 0 Å². The smallest absolute Gasteiger partial charge is 0.243 e. The standard InChI is InChI=1S/C28H37Cl2N3O5S/c1-4-26(28(35)31-20-10-5-6-11-20)32(19-23-24(29)14-8-15-25(23)30)27(34)16-9-17-33(39(3,36)37)21-12-7-13-22(18-21)38-2/h7-8,12-15,18,20,26H,4-6,9-11,16-17,19H2,1-3H3,(H,31,35)/t26-/m1/s1. The van der Waals surface area contributed by atoms with E-state index in [9.17, 15) is 18.0 Å². The van der Waals surface area contributed by atoms with Crippen molar-refractivity contribution in [2.45, 2.75) is 70.5 Å². The predicted octanol–water partition coefficient (Wildman–Crippen LogP) is 5.41. The Kier molecular flexibility index (Phi) is 11.3. The quantitative estimate of drug-likeness (QED) is 0.333. The first kappa shape index (κ1) is 31.0. The van der Waals surface area contributed by atoms with E-state index in [0.29, 0.717) is 33.5 Å². The van der Waals surface area contributed by atoms with Gasteiger partial charge >= 0.3 is 0 Å². The Bertz CT molecular complexity index is 1230. The monoisotopic (exact) mass is 597 g/mol. The molecule has 1 saturated carbocycles. The third-order valence-corrected chi connectivity index (χ3v) is 8.87. The lowest BCUT2D eigenvalue weighted by molar-refractivity contribution is -0.141. The van der Waals surface area contributed by atoms with Gasteiger partial charge in [-0.3, -0.25) is 13.9 Å². The zero-order chi connectivity index (χ0) is 28.6. The van der Waals surface area contributed by atoms with Gasteiger partial charge in [0.15, 0.2) is 0 Å². The molecule has 0 saturated heterocycles. The van der Waals surface area contributed by atoms with E-state index in [1.807, 2.05) is 6.92 Å². The third-order valence-electron chi connectivity index (χ3n) is 6.97. The number of hydrogen-bond donors (Lipinski definition) is 1. The van der Waals surface area contributed by atoms with Crippen molar-refractivity contribution in [1.29, 1.82) is 0 Å². The molecule has 3 rings (SSSR count). The van der Waals surface area contributed by atoms with Crippen molar-refractivity contribution in [2.24, 2.45) is 0 Å². The maximum Gasteiger partial charge on any atom is 0.243 e. The molecule has 11 heteroatoms. The molecule has 214 valence electrons. The van der Waals surface area contributed by atoms with E-state index in [-0.39, 0.29) is 43.8 Å². The fourth-order valence-corrected chi connectivity index (χ4v) is 6.38. The van der Waals surface area contributed by atoms with E-state index >= 15 is 0 Å². The van der Waals surface area contributed by atoms with E-state index in [0.717, 1.165) is 31.9 Å². The second-order valence-electron chi connectivity index (χ2n) is 9.78. The lowest BCUT2D eigenvalue weighted by Gasteiger charge is -2.32. The maximum atomic E-state index is 13.7. The summed E-state index contributed by atoms with van der Waals surface area (Å²) < 4.78 is 31.6. The van der Waals surface area contributed by atoms with E-state index in [2.05, 4.69) is 5.32 Å². The Morgan fingerprint density at radius 3 is 2.33 bits per heavy atom. The molecular weight excluding hydrogens is 561 g/mol. The largest absolute Gasteiger partial charge is 0.497 e. The molecule has 0 heterocycles. The summed E-state index contributed by atoms with van der Waals surface area (Å²) in [5.74, 6) is 0.0488. The predicted molar refractivity (Wildman–Crippen MR) is 156 cm³/mol. The fraction of sp³-hybridized carbons (Fsp3) is 0.500. The summed E-state index contributed by atoms with van der Waals surface area (Å²) in [6.45, 7) is 2.02. The Labute approximate surface area is 241 Å². The lowest BCUT2D eigenvalue weighted by atomic mass is 10.1. The van der Waals surface area contributed by atoms with Crippen LogP contribution in [-0.4, -0.2) is 57.1 Å². The highest BCUT2D eigenvalue weighted by Gasteiger charge is 2.31. The van der Waals surface area contributed by atoms with Gasteiger partial charge in [-0.2, -0.15) is 0 Å². The first-order chi connectivity index (χ1) is 18.5. The van der Waals surface area contributed by atoms with Gasteiger partial charge < -0.3 is 15.0 Å². The number of ether oxygens (including phenoxy) is 1. The first-order valence-corrected chi connectivity index (χ1v) is 15.8. The molecule has 1 aliphatic carbocycles. The maximum absolute atomic E-state index is 13.7. The van der Waals surface area contributed by atoms with Crippen LogP contribution < -0.4 is 14.4 Å². The molecule has 0 radical (unpaired) electrons. The van der Waals surface area contributed by atoms with E-state index < -0.39 is 16.1 Å². The van der Waals surface area contributed by atoms with Crippen LogP contribution in [-0.2, 0) is 26.2 Å². The average Bonchev–Trinajstić information content (AvgIpc) is 3.40. The van der Waals surface area contributed by atoms with Crippen molar-refractivity contribution < 1.29 is 22.7 Å². The molecule has 2 amide bonds. The molecule has 0 spiro atoms. The molecule has 1 aliphatic rings. The summed E-state index contributed by atoms with van der Waals surface area (Å²) in [5.41, 5.74) is 1.02. The van der Waals surface area contributed by atoms with Crippen molar-refractivity contribution in [3.8, 4) is 5.75 Å². The van der Waals surface area contributed by atoms with Crippen LogP contribution in [0.25, 0.3) is 0 Å². The number of anilines is 1. The number of methoxy groups -OCH3 is 1. The van der Waals surface area contributed by atoms with Crippen molar-refractivity contribution in [2.75, 3.05) is 24.2 Å². The molecular formula is C28H37Cl2N3O5S. The highest BCUT2D eigenvalue weighted by Crippen LogP contribution is 2.28. The Balaban J connectivity index is 1.80. The van der Waals surface area contributed by atoms with Crippen LogP contribution in [0.2, 0.25) is 10.0 Å². The van der Waals surface area contributed by atoms with Crippen LogP contribution in [0.4, 0.5) is 5.69 Å². The Morgan fingerprint density at radius 1 is 1.10 bits per heavy atom. The SMILES string of the molecule is CC[C@H](C(=O)NC1CCCC1)N(Cc1c(Cl)cccc1Cl)C(=O)CCCN(c1cccc(OC)c1)S(C)(=O)=O. The van der Waals surface area contributed by atoms with E-state index in [4.69, 9.17) is 27.9 Å². The lowest BCUT2D eigenvalue weighted by Crippen LogP contribution is -2.51. The van der Waals surface area contributed by atoms with Crippen LogP contribution in [0.1, 0.15) is 57.4 Å². The average molecular weight is 599 g/mol. The number of nitrogens with zero attached hydrogens (tertiary/aromatic N) is 2. The first-order valence-electron chi connectivity index (χ1n) is 13.2. The van der Waals surface area contributed by atoms with Gasteiger partial charge in [-0.05, 0) is 49.9 Å². The van der Waals surface area contributed by atoms with Crippen LogP contribution in [0.5, 0.6) is 5.75 Å². The number of benzene rings is 2. The van der Waals surface area contributed by atoms with Gasteiger partial charge in [-0.15, -0.1) is 0 Å². The van der Waals surface area contributed by atoms with E-state index in [1.165, 1.54) is 16.3 Å². The molecule has 0 unspecified atom stereocenters. The second kappa shape index (κ2) is 14.2. The molecule has 0 aromatic heterocycles. The number of halogens is 2. The molecule has 1 fully saturated rings.